The minimum atomic E-state index is -1.12. The number of nitrogens with zero attached hydrogens (tertiary/aromatic N) is 1. The van der Waals surface area contributed by atoms with Gasteiger partial charge in [-0.05, 0) is 24.1 Å². The molecule has 1 aromatic carbocycles. The Morgan fingerprint density at radius 3 is 2.62 bits per heavy atom. The van der Waals surface area contributed by atoms with Crippen molar-refractivity contribution in [2.24, 2.45) is 0 Å². The molecule has 0 radical (unpaired) electrons. The third-order valence-corrected chi connectivity index (χ3v) is 2.88. The number of hydrogen-bond donors (Lipinski definition) is 3. The van der Waals surface area contributed by atoms with Gasteiger partial charge in [0.05, 0.1) is 7.11 Å². The Morgan fingerprint density at radius 1 is 1.33 bits per heavy atom. The lowest BCUT2D eigenvalue weighted by Gasteiger charge is -2.04. The maximum absolute atomic E-state index is 11.8. The van der Waals surface area contributed by atoms with E-state index in [2.05, 4.69) is 15.5 Å². The molecule has 1 heterocycles. The lowest BCUT2D eigenvalue weighted by atomic mass is 10.1. The number of methoxy groups -OCH3 is 1. The minimum Gasteiger partial charge on any atom is -0.497 e. The topological polar surface area (TPSA) is 104 Å². The van der Waals surface area contributed by atoms with Crippen LogP contribution in [-0.2, 0) is 11.2 Å². The van der Waals surface area contributed by atoms with Crippen LogP contribution in [0.15, 0.2) is 30.3 Å². The number of carboxylic acids is 1. The van der Waals surface area contributed by atoms with Crippen LogP contribution in [0.5, 0.6) is 5.75 Å². The third kappa shape index (κ3) is 4.07. The van der Waals surface area contributed by atoms with Crippen molar-refractivity contribution >= 4 is 17.7 Å². The molecule has 0 saturated heterocycles. The highest BCUT2D eigenvalue weighted by Gasteiger charge is 2.10. The molecule has 0 fully saturated rings. The fourth-order valence-corrected chi connectivity index (χ4v) is 1.75. The normalized spacial score (nSPS) is 10.1. The average Bonchev–Trinajstić information content (AvgIpc) is 2.94. The molecule has 0 unspecified atom stereocenters. The van der Waals surface area contributed by atoms with E-state index >= 15 is 0 Å². The number of aromatic amines is 1. The van der Waals surface area contributed by atoms with Crippen molar-refractivity contribution in [3.63, 3.8) is 0 Å². The smallest absolute Gasteiger partial charge is 0.353 e. The van der Waals surface area contributed by atoms with Crippen LogP contribution >= 0.6 is 0 Å². The molecule has 0 atom stereocenters. The number of carbonyl (C=O) groups excluding carboxylic acids is 1. The molecule has 110 valence electrons. The summed E-state index contributed by atoms with van der Waals surface area (Å²) >= 11 is 0. The molecule has 0 saturated carbocycles. The Morgan fingerprint density at radius 2 is 2.05 bits per heavy atom. The van der Waals surface area contributed by atoms with Crippen LogP contribution in [0.4, 0.5) is 5.82 Å². The molecule has 0 aliphatic rings. The van der Waals surface area contributed by atoms with E-state index in [4.69, 9.17) is 9.84 Å². The number of carboxylic acid groups (broad SMARTS) is 1. The van der Waals surface area contributed by atoms with Gasteiger partial charge in [-0.2, -0.15) is 5.10 Å². The number of H-pyrrole nitrogens is 1. The number of aromatic carboxylic acids is 1. The molecule has 21 heavy (non-hydrogen) atoms. The summed E-state index contributed by atoms with van der Waals surface area (Å²) in [6.07, 6.45) is 0.855. The van der Waals surface area contributed by atoms with Crippen LogP contribution in [0.3, 0.4) is 0 Å². The monoisotopic (exact) mass is 289 g/mol. The lowest BCUT2D eigenvalue weighted by Crippen LogP contribution is -2.12. The summed E-state index contributed by atoms with van der Waals surface area (Å²) in [6.45, 7) is 0. The largest absolute Gasteiger partial charge is 0.497 e. The van der Waals surface area contributed by atoms with Crippen molar-refractivity contribution in [2.75, 3.05) is 12.4 Å². The molecule has 1 amide bonds. The first-order valence-electron chi connectivity index (χ1n) is 6.30. The summed E-state index contributed by atoms with van der Waals surface area (Å²) in [5.74, 6) is -0.386. The fourth-order valence-electron chi connectivity index (χ4n) is 1.75. The van der Waals surface area contributed by atoms with Gasteiger partial charge in [0.25, 0.3) is 0 Å². The summed E-state index contributed by atoms with van der Waals surface area (Å²) in [5, 5.41) is 17.3. The zero-order chi connectivity index (χ0) is 15.2. The Kier molecular flexibility index (Phi) is 4.55. The maximum atomic E-state index is 11.8. The number of benzene rings is 1. The fraction of sp³-hybridized carbons (Fsp3) is 0.214. The van der Waals surface area contributed by atoms with Crippen molar-refractivity contribution < 1.29 is 19.4 Å². The molecule has 7 heteroatoms. The van der Waals surface area contributed by atoms with Gasteiger partial charge in [0.15, 0.2) is 5.82 Å². The van der Waals surface area contributed by atoms with Gasteiger partial charge in [-0.1, -0.05) is 12.1 Å². The number of aryl methyl sites for hydroxylation is 1. The van der Waals surface area contributed by atoms with Crippen LogP contribution in [0, 0.1) is 0 Å². The van der Waals surface area contributed by atoms with E-state index in [1.54, 1.807) is 7.11 Å². The SMILES string of the molecule is COc1ccc(CCC(=O)Nc2cc(C(=O)O)[nH]n2)cc1. The van der Waals surface area contributed by atoms with Gasteiger partial charge >= 0.3 is 5.97 Å². The Bertz CT molecular complexity index is 634. The summed E-state index contributed by atoms with van der Waals surface area (Å²) < 4.78 is 5.06. The zero-order valence-corrected chi connectivity index (χ0v) is 11.4. The maximum Gasteiger partial charge on any atom is 0.353 e. The van der Waals surface area contributed by atoms with Gasteiger partial charge in [-0.25, -0.2) is 4.79 Å². The van der Waals surface area contributed by atoms with Gasteiger partial charge < -0.3 is 15.2 Å². The van der Waals surface area contributed by atoms with Crippen LogP contribution < -0.4 is 10.1 Å². The summed E-state index contributed by atoms with van der Waals surface area (Å²) in [7, 11) is 1.59. The standard InChI is InChI=1S/C14H15N3O4/c1-21-10-5-2-9(3-6-10)4-7-13(18)15-12-8-11(14(19)20)16-17-12/h2-3,5-6,8H,4,7H2,1H3,(H,19,20)(H2,15,16,17,18). The van der Waals surface area contributed by atoms with Crippen molar-refractivity contribution in [2.45, 2.75) is 12.8 Å². The summed E-state index contributed by atoms with van der Waals surface area (Å²) in [4.78, 5) is 22.4. The first-order chi connectivity index (χ1) is 10.1. The van der Waals surface area contributed by atoms with E-state index in [1.807, 2.05) is 24.3 Å². The van der Waals surface area contributed by atoms with E-state index in [1.165, 1.54) is 6.07 Å². The summed E-state index contributed by atoms with van der Waals surface area (Å²) in [6, 6.07) is 8.72. The van der Waals surface area contributed by atoms with Crippen LogP contribution in [0.2, 0.25) is 0 Å². The number of nitrogens with one attached hydrogen (secondary N) is 2. The third-order valence-electron chi connectivity index (χ3n) is 2.88. The van der Waals surface area contributed by atoms with Crippen molar-refractivity contribution in [3.05, 3.63) is 41.6 Å². The number of anilines is 1. The molecular weight excluding hydrogens is 274 g/mol. The first kappa shape index (κ1) is 14.6. The Labute approximate surface area is 120 Å². The molecule has 2 rings (SSSR count). The Hall–Kier alpha value is -2.83. The highest BCUT2D eigenvalue weighted by molar-refractivity contribution is 5.92. The second kappa shape index (κ2) is 6.56. The van der Waals surface area contributed by atoms with Gasteiger partial charge in [0.1, 0.15) is 11.4 Å². The molecule has 2 aromatic rings. The molecule has 1 aromatic heterocycles. The Balaban J connectivity index is 1.84. The van der Waals surface area contributed by atoms with Crippen molar-refractivity contribution in [1.82, 2.24) is 10.2 Å². The molecule has 0 aliphatic heterocycles. The van der Waals surface area contributed by atoms with E-state index in [9.17, 15) is 9.59 Å². The highest BCUT2D eigenvalue weighted by Crippen LogP contribution is 2.13. The minimum absolute atomic E-state index is 0.0690. The van der Waals surface area contributed by atoms with Crippen molar-refractivity contribution in [3.8, 4) is 5.75 Å². The summed E-state index contributed by atoms with van der Waals surface area (Å²) in [5.41, 5.74) is 0.944. The zero-order valence-electron chi connectivity index (χ0n) is 11.4. The second-order valence-corrected chi connectivity index (χ2v) is 4.37. The second-order valence-electron chi connectivity index (χ2n) is 4.37. The predicted molar refractivity (Wildman–Crippen MR) is 75.5 cm³/mol. The van der Waals surface area contributed by atoms with Crippen LogP contribution in [0.25, 0.3) is 0 Å². The molecule has 3 N–H and O–H groups in total. The molecule has 0 bridgehead atoms. The number of aromatic nitrogens is 2. The van der Waals surface area contributed by atoms with Gasteiger partial charge in [0.2, 0.25) is 5.91 Å². The van der Waals surface area contributed by atoms with Gasteiger partial charge in [-0.15, -0.1) is 0 Å². The quantitative estimate of drug-likeness (QED) is 0.750. The number of ether oxygens (including phenoxy) is 1. The molecule has 7 nitrogen and oxygen atoms in total. The van der Waals surface area contributed by atoms with Crippen LogP contribution in [0.1, 0.15) is 22.5 Å². The lowest BCUT2D eigenvalue weighted by molar-refractivity contribution is -0.116. The van der Waals surface area contributed by atoms with E-state index in [-0.39, 0.29) is 23.8 Å². The predicted octanol–water partition coefficient (Wildman–Crippen LogP) is 1.69. The van der Waals surface area contributed by atoms with E-state index in [0.717, 1.165) is 11.3 Å². The van der Waals surface area contributed by atoms with E-state index < -0.39 is 5.97 Å². The number of rotatable bonds is 6. The first-order valence-corrected chi connectivity index (χ1v) is 6.30. The van der Waals surface area contributed by atoms with Crippen LogP contribution in [-0.4, -0.2) is 34.3 Å². The highest BCUT2D eigenvalue weighted by atomic mass is 16.5. The average molecular weight is 289 g/mol. The molecule has 0 aliphatic carbocycles. The van der Waals surface area contributed by atoms with Gasteiger partial charge in [0, 0.05) is 12.5 Å². The molecular formula is C14H15N3O4. The van der Waals surface area contributed by atoms with Crippen molar-refractivity contribution in [1.29, 1.82) is 0 Å². The number of carbonyl (C=O) groups is 2. The number of amides is 1. The van der Waals surface area contributed by atoms with E-state index in [0.29, 0.717) is 6.42 Å². The van der Waals surface area contributed by atoms with Gasteiger partial charge in [-0.3, -0.25) is 9.89 Å². The number of hydrogen-bond acceptors (Lipinski definition) is 4. The molecule has 0 spiro atoms.